The van der Waals surface area contributed by atoms with E-state index in [4.69, 9.17) is 32.7 Å². The molecule has 0 aliphatic rings. The largest absolute Gasteiger partial charge is 0.508 e. The van der Waals surface area contributed by atoms with E-state index in [-0.39, 0.29) is 13.2 Å². The lowest BCUT2D eigenvalue weighted by atomic mass is 10.2. The Labute approximate surface area is 127 Å². The van der Waals surface area contributed by atoms with E-state index in [1.165, 1.54) is 0 Å². The maximum absolute atomic E-state index is 11.4. The molecular formula is C15H12Cl2O3. The van der Waals surface area contributed by atoms with Crippen LogP contribution in [0.4, 0.5) is 4.79 Å². The first-order valence-corrected chi connectivity index (χ1v) is 6.67. The molecule has 0 bridgehead atoms. The number of hydrogen-bond acceptors (Lipinski definition) is 3. The number of carbonyl (C=O) groups is 1. The summed E-state index contributed by atoms with van der Waals surface area (Å²) in [5.74, 6) is 0. The lowest BCUT2D eigenvalue weighted by Crippen LogP contribution is -2.07. The predicted molar refractivity (Wildman–Crippen MR) is 77.9 cm³/mol. The van der Waals surface area contributed by atoms with E-state index in [0.29, 0.717) is 10.0 Å². The fourth-order valence-electron chi connectivity index (χ4n) is 1.58. The van der Waals surface area contributed by atoms with Crippen LogP contribution in [0.2, 0.25) is 10.0 Å². The van der Waals surface area contributed by atoms with E-state index in [9.17, 15) is 4.79 Å². The summed E-state index contributed by atoms with van der Waals surface area (Å²) < 4.78 is 9.96. The molecule has 0 heterocycles. The summed E-state index contributed by atoms with van der Waals surface area (Å²) in [7, 11) is 0. The second kappa shape index (κ2) is 7.17. The average molecular weight is 311 g/mol. The molecule has 2 aromatic carbocycles. The lowest BCUT2D eigenvalue weighted by molar-refractivity contribution is 0.0446. The van der Waals surface area contributed by atoms with Crippen molar-refractivity contribution in [1.29, 1.82) is 0 Å². The quantitative estimate of drug-likeness (QED) is 0.757. The van der Waals surface area contributed by atoms with Crippen LogP contribution in [0.3, 0.4) is 0 Å². The van der Waals surface area contributed by atoms with Gasteiger partial charge in [-0.05, 0) is 35.4 Å². The topological polar surface area (TPSA) is 35.5 Å². The second-order valence-electron chi connectivity index (χ2n) is 4.09. The molecule has 0 amide bonds. The summed E-state index contributed by atoms with van der Waals surface area (Å²) in [4.78, 5) is 11.4. The minimum atomic E-state index is -0.732. The van der Waals surface area contributed by atoms with E-state index in [2.05, 4.69) is 0 Å². The standard InChI is InChI=1S/C15H12Cl2O3/c16-13-5-1-3-11(7-13)9-19-15(18)20-10-12-4-2-6-14(17)8-12/h1-8H,9-10H2. The van der Waals surface area contributed by atoms with E-state index >= 15 is 0 Å². The van der Waals surface area contributed by atoms with Gasteiger partial charge in [-0.2, -0.15) is 0 Å². The zero-order valence-corrected chi connectivity index (χ0v) is 12.0. The van der Waals surface area contributed by atoms with Crippen LogP contribution in [0.1, 0.15) is 11.1 Å². The molecule has 0 radical (unpaired) electrons. The summed E-state index contributed by atoms with van der Waals surface area (Å²) in [6, 6.07) is 14.2. The van der Waals surface area contributed by atoms with Crippen molar-refractivity contribution in [2.45, 2.75) is 13.2 Å². The van der Waals surface area contributed by atoms with Crippen LogP contribution in [0.25, 0.3) is 0 Å². The summed E-state index contributed by atoms with van der Waals surface area (Å²) >= 11 is 11.7. The SMILES string of the molecule is O=C(OCc1cccc(Cl)c1)OCc1cccc(Cl)c1. The third kappa shape index (κ3) is 4.76. The number of carbonyl (C=O) groups excluding carboxylic acids is 1. The van der Waals surface area contributed by atoms with E-state index in [1.54, 1.807) is 36.4 Å². The molecule has 0 unspecified atom stereocenters. The molecule has 0 atom stereocenters. The first-order chi connectivity index (χ1) is 9.63. The van der Waals surface area contributed by atoms with Gasteiger partial charge >= 0.3 is 6.16 Å². The van der Waals surface area contributed by atoms with Crippen molar-refractivity contribution in [2.24, 2.45) is 0 Å². The monoisotopic (exact) mass is 310 g/mol. The van der Waals surface area contributed by atoms with Gasteiger partial charge in [-0.15, -0.1) is 0 Å². The fraction of sp³-hybridized carbons (Fsp3) is 0.133. The Hall–Kier alpha value is -1.71. The highest BCUT2D eigenvalue weighted by molar-refractivity contribution is 6.30. The zero-order chi connectivity index (χ0) is 14.4. The normalized spacial score (nSPS) is 10.1. The van der Waals surface area contributed by atoms with Crippen LogP contribution < -0.4 is 0 Å². The summed E-state index contributed by atoms with van der Waals surface area (Å²) in [6.45, 7) is 0.240. The van der Waals surface area contributed by atoms with Crippen molar-refractivity contribution < 1.29 is 14.3 Å². The van der Waals surface area contributed by atoms with Gasteiger partial charge in [0.25, 0.3) is 0 Å². The van der Waals surface area contributed by atoms with Crippen LogP contribution in [0.5, 0.6) is 0 Å². The number of hydrogen-bond donors (Lipinski definition) is 0. The van der Waals surface area contributed by atoms with Crippen LogP contribution in [0, 0.1) is 0 Å². The third-order valence-corrected chi connectivity index (χ3v) is 2.96. The highest BCUT2D eigenvalue weighted by Gasteiger charge is 2.05. The van der Waals surface area contributed by atoms with Gasteiger partial charge in [-0.3, -0.25) is 0 Å². The average Bonchev–Trinajstić information content (AvgIpc) is 2.43. The molecular weight excluding hydrogens is 299 g/mol. The van der Waals surface area contributed by atoms with Crippen molar-refractivity contribution in [3.8, 4) is 0 Å². The van der Waals surface area contributed by atoms with Gasteiger partial charge in [0.2, 0.25) is 0 Å². The van der Waals surface area contributed by atoms with Crippen LogP contribution in [-0.2, 0) is 22.7 Å². The minimum absolute atomic E-state index is 0.120. The van der Waals surface area contributed by atoms with Crippen LogP contribution in [-0.4, -0.2) is 6.16 Å². The Morgan fingerprint density at radius 2 is 1.30 bits per heavy atom. The highest BCUT2D eigenvalue weighted by atomic mass is 35.5. The molecule has 0 aliphatic heterocycles. The van der Waals surface area contributed by atoms with Gasteiger partial charge in [0, 0.05) is 10.0 Å². The van der Waals surface area contributed by atoms with Crippen molar-refractivity contribution in [3.63, 3.8) is 0 Å². The molecule has 20 heavy (non-hydrogen) atoms. The number of ether oxygens (including phenoxy) is 2. The Morgan fingerprint density at radius 3 is 1.70 bits per heavy atom. The third-order valence-electron chi connectivity index (χ3n) is 2.49. The molecule has 0 saturated carbocycles. The Balaban J connectivity index is 1.78. The Bertz CT molecular complexity index is 548. The van der Waals surface area contributed by atoms with Crippen LogP contribution in [0.15, 0.2) is 48.5 Å². The molecule has 0 spiro atoms. The molecule has 0 fully saturated rings. The first kappa shape index (κ1) is 14.7. The molecule has 5 heteroatoms. The minimum Gasteiger partial charge on any atom is -0.429 e. The van der Waals surface area contributed by atoms with E-state index < -0.39 is 6.16 Å². The zero-order valence-electron chi connectivity index (χ0n) is 10.5. The number of halogens is 2. The molecule has 0 aromatic heterocycles. The van der Waals surface area contributed by atoms with Gasteiger partial charge in [0.15, 0.2) is 0 Å². The van der Waals surface area contributed by atoms with E-state index in [0.717, 1.165) is 11.1 Å². The van der Waals surface area contributed by atoms with Gasteiger partial charge in [-0.25, -0.2) is 4.79 Å². The van der Waals surface area contributed by atoms with E-state index in [1.807, 2.05) is 12.1 Å². The summed E-state index contributed by atoms with van der Waals surface area (Å²) in [6.07, 6.45) is -0.732. The van der Waals surface area contributed by atoms with Gasteiger partial charge < -0.3 is 9.47 Å². The number of rotatable bonds is 4. The maximum atomic E-state index is 11.4. The van der Waals surface area contributed by atoms with Gasteiger partial charge in [0.1, 0.15) is 13.2 Å². The molecule has 2 aromatic rings. The second-order valence-corrected chi connectivity index (χ2v) is 4.96. The Morgan fingerprint density at radius 1 is 0.850 bits per heavy atom. The van der Waals surface area contributed by atoms with Crippen molar-refractivity contribution in [2.75, 3.05) is 0 Å². The predicted octanol–water partition coefficient (Wildman–Crippen LogP) is 4.85. The maximum Gasteiger partial charge on any atom is 0.508 e. The molecule has 104 valence electrons. The van der Waals surface area contributed by atoms with Crippen LogP contribution >= 0.6 is 23.2 Å². The highest BCUT2D eigenvalue weighted by Crippen LogP contribution is 2.13. The molecule has 2 rings (SSSR count). The lowest BCUT2D eigenvalue weighted by Gasteiger charge is -2.07. The fourth-order valence-corrected chi connectivity index (χ4v) is 2.01. The van der Waals surface area contributed by atoms with Crippen molar-refractivity contribution >= 4 is 29.4 Å². The van der Waals surface area contributed by atoms with Crippen molar-refractivity contribution in [3.05, 3.63) is 69.7 Å². The summed E-state index contributed by atoms with van der Waals surface area (Å²) in [5.41, 5.74) is 1.61. The van der Waals surface area contributed by atoms with Crippen molar-refractivity contribution in [1.82, 2.24) is 0 Å². The first-order valence-electron chi connectivity index (χ1n) is 5.92. The van der Waals surface area contributed by atoms with Gasteiger partial charge in [0.05, 0.1) is 0 Å². The number of benzene rings is 2. The Kier molecular flexibility index (Phi) is 5.27. The van der Waals surface area contributed by atoms with Gasteiger partial charge in [-0.1, -0.05) is 47.5 Å². The molecule has 3 nitrogen and oxygen atoms in total. The molecule has 0 N–H and O–H groups in total. The molecule has 0 saturated heterocycles. The molecule has 0 aliphatic carbocycles. The summed E-state index contributed by atoms with van der Waals surface area (Å²) in [5, 5.41) is 1.19. The smallest absolute Gasteiger partial charge is 0.429 e.